The third-order valence-corrected chi connectivity index (χ3v) is 4.89. The molecule has 0 unspecified atom stereocenters. The van der Waals surface area contributed by atoms with Crippen LogP contribution in [0.25, 0.3) is 10.9 Å². The van der Waals surface area contributed by atoms with Crippen LogP contribution >= 0.6 is 0 Å². The van der Waals surface area contributed by atoms with Crippen molar-refractivity contribution in [1.82, 2.24) is 4.57 Å². The molecule has 2 aromatic heterocycles. The van der Waals surface area contributed by atoms with Crippen LogP contribution in [0.5, 0.6) is 0 Å². The van der Waals surface area contributed by atoms with Crippen molar-refractivity contribution in [3.8, 4) is 6.07 Å². The van der Waals surface area contributed by atoms with Gasteiger partial charge in [-0.25, -0.2) is 9.38 Å². The lowest BCUT2D eigenvalue weighted by molar-refractivity contribution is 0.542. The van der Waals surface area contributed by atoms with Crippen LogP contribution in [-0.2, 0) is 6.54 Å². The quantitative estimate of drug-likeness (QED) is 0.435. The smallest absolute Gasteiger partial charge is 0.237 e. The predicted molar refractivity (Wildman–Crippen MR) is 108 cm³/mol. The molecule has 4 nitrogen and oxygen atoms in total. The van der Waals surface area contributed by atoms with Gasteiger partial charge in [-0.15, -0.1) is 0 Å². The maximum absolute atomic E-state index is 13.2. The Balaban J connectivity index is 1.73. The second-order valence-electron chi connectivity index (χ2n) is 6.69. The van der Waals surface area contributed by atoms with Crippen LogP contribution in [0.4, 0.5) is 10.3 Å². The van der Waals surface area contributed by atoms with Gasteiger partial charge in [0.25, 0.3) is 0 Å². The molecule has 5 heteroatoms. The number of hydrogen-bond acceptors (Lipinski definition) is 3. The summed E-state index contributed by atoms with van der Waals surface area (Å²) in [6.07, 6.45) is 3.73. The number of aryl methyl sites for hydroxylation is 1. The van der Waals surface area contributed by atoms with Crippen LogP contribution in [0.3, 0.4) is 0 Å². The summed E-state index contributed by atoms with van der Waals surface area (Å²) in [5.74, 6) is 0.779. The molecule has 0 N–H and O–H groups in total. The van der Waals surface area contributed by atoms with Gasteiger partial charge in [-0.05, 0) is 37.6 Å². The third-order valence-electron chi connectivity index (χ3n) is 4.89. The zero-order valence-electron chi connectivity index (χ0n) is 15.6. The van der Waals surface area contributed by atoms with Crippen molar-refractivity contribution in [1.29, 1.82) is 5.26 Å². The second-order valence-corrected chi connectivity index (χ2v) is 6.69. The van der Waals surface area contributed by atoms with Gasteiger partial charge in [0.05, 0.1) is 0 Å². The fourth-order valence-corrected chi connectivity index (χ4v) is 3.26. The molecule has 0 bridgehead atoms. The minimum Gasteiger partial charge on any atom is -0.442 e. The van der Waals surface area contributed by atoms with Crippen molar-refractivity contribution in [2.75, 3.05) is 0 Å². The molecule has 4 aromatic rings. The van der Waals surface area contributed by atoms with Crippen molar-refractivity contribution in [2.24, 2.45) is 4.99 Å². The van der Waals surface area contributed by atoms with Gasteiger partial charge >= 0.3 is 0 Å². The lowest BCUT2D eigenvalue weighted by Crippen LogP contribution is -1.97. The summed E-state index contributed by atoms with van der Waals surface area (Å²) < 4.78 is 20.9. The Kier molecular flexibility index (Phi) is 4.54. The zero-order chi connectivity index (χ0) is 19.7. The minimum atomic E-state index is -0.244. The average Bonchev–Trinajstić information content (AvgIpc) is 3.19. The molecule has 138 valence electrons. The van der Waals surface area contributed by atoms with E-state index in [1.165, 1.54) is 12.1 Å². The Morgan fingerprint density at radius 1 is 1.14 bits per heavy atom. The van der Waals surface area contributed by atoms with Crippen LogP contribution in [0.15, 0.2) is 64.1 Å². The highest BCUT2D eigenvalue weighted by Crippen LogP contribution is 2.28. The highest BCUT2D eigenvalue weighted by Gasteiger charge is 2.13. The maximum atomic E-state index is 13.2. The first kappa shape index (κ1) is 17.7. The number of hydrogen-bond donors (Lipinski definition) is 0. The van der Waals surface area contributed by atoms with Gasteiger partial charge in [0.15, 0.2) is 0 Å². The molecule has 0 aliphatic heterocycles. The number of rotatable bonds is 4. The monoisotopic (exact) mass is 371 g/mol. The third kappa shape index (κ3) is 3.21. The summed E-state index contributed by atoms with van der Waals surface area (Å²) in [4.78, 5) is 4.43. The average molecular weight is 371 g/mol. The van der Waals surface area contributed by atoms with E-state index in [9.17, 15) is 9.65 Å². The number of fused-ring (bicyclic) bond motifs is 1. The number of para-hydroxylation sites is 1. The Morgan fingerprint density at radius 2 is 1.89 bits per heavy atom. The molecule has 0 aliphatic carbocycles. The van der Waals surface area contributed by atoms with E-state index in [0.717, 1.165) is 27.6 Å². The first-order chi connectivity index (χ1) is 13.6. The molecule has 0 saturated carbocycles. The Hall–Kier alpha value is -3.65. The summed E-state index contributed by atoms with van der Waals surface area (Å²) >= 11 is 0. The number of benzene rings is 2. The van der Waals surface area contributed by atoms with Crippen molar-refractivity contribution in [2.45, 2.75) is 20.4 Å². The van der Waals surface area contributed by atoms with Gasteiger partial charge < -0.3 is 8.98 Å². The largest absolute Gasteiger partial charge is 0.442 e. The fourth-order valence-electron chi connectivity index (χ4n) is 3.26. The number of furan rings is 1. The molecule has 2 aromatic carbocycles. The highest BCUT2D eigenvalue weighted by atomic mass is 19.1. The Bertz CT molecular complexity index is 1220. The van der Waals surface area contributed by atoms with Crippen molar-refractivity contribution >= 4 is 23.0 Å². The van der Waals surface area contributed by atoms with Gasteiger partial charge in [-0.2, -0.15) is 5.26 Å². The number of aromatic nitrogens is 1. The van der Waals surface area contributed by atoms with Gasteiger partial charge in [0.1, 0.15) is 23.2 Å². The van der Waals surface area contributed by atoms with E-state index in [4.69, 9.17) is 4.42 Å². The van der Waals surface area contributed by atoms with Crippen LogP contribution in [0, 0.1) is 31.0 Å². The normalized spacial score (nSPS) is 11.4. The van der Waals surface area contributed by atoms with Gasteiger partial charge in [0.2, 0.25) is 5.88 Å². The number of nitriles is 1. The number of halogens is 1. The molecule has 0 saturated heterocycles. The Labute approximate surface area is 162 Å². The van der Waals surface area contributed by atoms with E-state index in [2.05, 4.69) is 15.6 Å². The van der Waals surface area contributed by atoms with Gasteiger partial charge in [-0.3, -0.25) is 0 Å². The molecule has 4 rings (SSSR count). The van der Waals surface area contributed by atoms with E-state index in [1.807, 2.05) is 44.3 Å². The molecule has 0 fully saturated rings. The highest BCUT2D eigenvalue weighted by molar-refractivity contribution is 6.00. The predicted octanol–water partition coefficient (Wildman–Crippen LogP) is 5.66. The molecular formula is C23H18FN3O. The summed E-state index contributed by atoms with van der Waals surface area (Å²) in [5, 5.41) is 10.4. The van der Waals surface area contributed by atoms with Gasteiger partial charge in [-0.1, -0.05) is 30.3 Å². The van der Waals surface area contributed by atoms with E-state index in [0.29, 0.717) is 23.8 Å². The molecule has 0 aliphatic rings. The van der Waals surface area contributed by atoms with Crippen molar-refractivity contribution < 1.29 is 8.81 Å². The molecule has 0 spiro atoms. The second kappa shape index (κ2) is 7.16. The number of aliphatic imine (C=N–C) groups is 1. The van der Waals surface area contributed by atoms with Crippen molar-refractivity contribution in [3.63, 3.8) is 0 Å². The molecule has 2 heterocycles. The van der Waals surface area contributed by atoms with Crippen LogP contribution in [-0.4, -0.2) is 10.8 Å². The van der Waals surface area contributed by atoms with E-state index >= 15 is 0 Å². The van der Waals surface area contributed by atoms with Crippen molar-refractivity contribution in [3.05, 3.63) is 88.6 Å². The lowest BCUT2D eigenvalue weighted by Gasteiger charge is -2.05. The molecule has 0 amide bonds. The zero-order valence-corrected chi connectivity index (χ0v) is 15.6. The van der Waals surface area contributed by atoms with E-state index < -0.39 is 0 Å². The summed E-state index contributed by atoms with van der Waals surface area (Å²) in [6.45, 7) is 4.30. The summed E-state index contributed by atoms with van der Waals surface area (Å²) in [5.41, 5.74) is 4.26. The maximum Gasteiger partial charge on any atom is 0.237 e. The summed E-state index contributed by atoms with van der Waals surface area (Å²) in [7, 11) is 0. The van der Waals surface area contributed by atoms with E-state index in [-0.39, 0.29) is 5.82 Å². The SMILES string of the molecule is Cc1oc(N=Cc2cn(Cc3ccc(F)cc3)c3ccccc23)c(C#N)c1C. The van der Waals surface area contributed by atoms with Crippen LogP contribution in [0.2, 0.25) is 0 Å². The standard InChI is InChI=1S/C23H18FN3O/c1-15-16(2)28-23(21(15)11-25)26-12-18-14-27(22-6-4-3-5-20(18)22)13-17-7-9-19(24)10-8-17/h3-10,12,14H,13H2,1-2H3. The Morgan fingerprint density at radius 3 is 2.64 bits per heavy atom. The van der Waals surface area contributed by atoms with Crippen LogP contribution < -0.4 is 0 Å². The summed E-state index contributed by atoms with van der Waals surface area (Å²) in [6, 6.07) is 16.7. The molecule has 28 heavy (non-hydrogen) atoms. The molecule has 0 atom stereocenters. The molecule has 0 radical (unpaired) electrons. The lowest BCUT2D eigenvalue weighted by atomic mass is 10.2. The van der Waals surface area contributed by atoms with Gasteiger partial charge in [0, 0.05) is 41.0 Å². The fraction of sp³-hybridized carbons (Fsp3) is 0.130. The first-order valence-electron chi connectivity index (χ1n) is 8.93. The minimum absolute atomic E-state index is 0.244. The van der Waals surface area contributed by atoms with E-state index in [1.54, 1.807) is 18.3 Å². The van der Waals surface area contributed by atoms with Crippen LogP contribution in [0.1, 0.15) is 28.0 Å². The number of nitrogens with zero attached hydrogens (tertiary/aromatic N) is 3. The molecular weight excluding hydrogens is 353 g/mol. The first-order valence-corrected chi connectivity index (χ1v) is 8.93. The topological polar surface area (TPSA) is 54.2 Å².